The summed E-state index contributed by atoms with van der Waals surface area (Å²) in [6.07, 6.45) is 3.06. The number of amides is 1. The lowest BCUT2D eigenvalue weighted by Gasteiger charge is -2.03. The maximum atomic E-state index is 11.8. The van der Waals surface area contributed by atoms with Gasteiger partial charge in [-0.1, -0.05) is 6.07 Å². The average molecular weight is 282 g/mol. The fourth-order valence-electron chi connectivity index (χ4n) is 1.59. The first-order valence-electron chi connectivity index (χ1n) is 6.31. The van der Waals surface area contributed by atoms with Crippen molar-refractivity contribution in [1.82, 2.24) is 15.4 Å². The number of hydrogen-bond donors (Lipinski definition) is 1. The predicted octanol–water partition coefficient (Wildman–Crippen LogP) is 1.83. The van der Waals surface area contributed by atoms with Crippen LogP contribution in [0.5, 0.6) is 0 Å². The Hall–Kier alpha value is -2.89. The van der Waals surface area contributed by atoms with Crippen molar-refractivity contribution in [1.29, 1.82) is 0 Å². The van der Waals surface area contributed by atoms with Gasteiger partial charge in [-0.25, -0.2) is 10.4 Å². The molecule has 1 amide bonds. The van der Waals surface area contributed by atoms with E-state index in [0.717, 1.165) is 0 Å². The van der Waals surface area contributed by atoms with E-state index in [1.165, 1.54) is 19.3 Å². The molecule has 2 aromatic heterocycles. The van der Waals surface area contributed by atoms with Gasteiger partial charge in [-0.15, -0.1) is 0 Å². The van der Waals surface area contributed by atoms with Gasteiger partial charge in [0.05, 0.1) is 11.4 Å². The number of hydrogen-bond acceptors (Lipinski definition) is 5. The Bertz CT molecular complexity index is 696. The highest BCUT2D eigenvalue weighted by molar-refractivity contribution is 6.00. The predicted molar refractivity (Wildman–Crippen MR) is 78.2 cm³/mol. The van der Waals surface area contributed by atoms with Crippen LogP contribution in [0.25, 0.3) is 0 Å². The summed E-state index contributed by atoms with van der Waals surface area (Å²) in [6, 6.07) is 8.27. The van der Waals surface area contributed by atoms with Crippen molar-refractivity contribution in [3.8, 4) is 0 Å². The average Bonchev–Trinajstić information content (AvgIpc) is 2.53. The summed E-state index contributed by atoms with van der Waals surface area (Å²) >= 11 is 0. The molecule has 0 aliphatic carbocycles. The molecule has 6 heteroatoms. The second kappa shape index (κ2) is 6.51. The van der Waals surface area contributed by atoms with Crippen LogP contribution in [0.3, 0.4) is 0 Å². The molecule has 0 aliphatic heterocycles. The topological polar surface area (TPSA) is 84.3 Å². The zero-order valence-corrected chi connectivity index (χ0v) is 11.7. The quantitative estimate of drug-likeness (QED) is 0.527. The molecule has 0 aliphatic rings. The minimum absolute atomic E-state index is 0.120. The number of aromatic nitrogens is 2. The summed E-state index contributed by atoms with van der Waals surface area (Å²) < 4.78 is 0. The molecule has 0 saturated carbocycles. The van der Waals surface area contributed by atoms with Gasteiger partial charge in [0.2, 0.25) is 0 Å². The second-order valence-electron chi connectivity index (χ2n) is 4.34. The van der Waals surface area contributed by atoms with E-state index in [4.69, 9.17) is 0 Å². The molecule has 0 aromatic carbocycles. The third-order valence-electron chi connectivity index (χ3n) is 2.75. The molecule has 6 nitrogen and oxygen atoms in total. The van der Waals surface area contributed by atoms with E-state index in [-0.39, 0.29) is 11.7 Å². The Labute approximate surface area is 121 Å². The van der Waals surface area contributed by atoms with Gasteiger partial charge in [-0.05, 0) is 31.2 Å². The monoisotopic (exact) mass is 282 g/mol. The molecule has 0 unspecified atom stereocenters. The van der Waals surface area contributed by atoms with Crippen LogP contribution in [-0.2, 0) is 0 Å². The molecular weight excluding hydrogens is 268 g/mol. The van der Waals surface area contributed by atoms with E-state index in [1.807, 2.05) is 0 Å². The Balaban J connectivity index is 2.13. The summed E-state index contributed by atoms with van der Waals surface area (Å²) in [5.74, 6) is -0.454. The minimum Gasteiger partial charge on any atom is -0.293 e. The van der Waals surface area contributed by atoms with Crippen LogP contribution < -0.4 is 5.43 Å². The molecule has 0 fully saturated rings. The second-order valence-corrected chi connectivity index (χ2v) is 4.34. The molecule has 21 heavy (non-hydrogen) atoms. The van der Waals surface area contributed by atoms with Crippen LogP contribution in [0.15, 0.2) is 47.8 Å². The maximum absolute atomic E-state index is 11.8. The molecule has 2 heterocycles. The van der Waals surface area contributed by atoms with Crippen LogP contribution in [0.2, 0.25) is 0 Å². The van der Waals surface area contributed by atoms with Crippen molar-refractivity contribution in [3.63, 3.8) is 0 Å². The van der Waals surface area contributed by atoms with Gasteiger partial charge in [-0.2, -0.15) is 5.10 Å². The van der Waals surface area contributed by atoms with Gasteiger partial charge >= 0.3 is 0 Å². The van der Waals surface area contributed by atoms with Gasteiger partial charge in [0.15, 0.2) is 5.78 Å². The number of rotatable bonds is 4. The van der Waals surface area contributed by atoms with E-state index in [0.29, 0.717) is 22.7 Å². The molecule has 1 N–H and O–H groups in total. The molecule has 0 radical (unpaired) electrons. The summed E-state index contributed by atoms with van der Waals surface area (Å²) in [5.41, 5.74) is 4.32. The fourth-order valence-corrected chi connectivity index (χ4v) is 1.59. The van der Waals surface area contributed by atoms with Gasteiger partial charge in [-0.3, -0.25) is 14.6 Å². The highest BCUT2D eigenvalue weighted by Crippen LogP contribution is 2.02. The van der Waals surface area contributed by atoms with Crippen molar-refractivity contribution >= 4 is 17.4 Å². The molecule has 0 bridgehead atoms. The number of carbonyl (C=O) groups excluding carboxylic acids is 2. The first-order chi connectivity index (χ1) is 10.1. The summed E-state index contributed by atoms with van der Waals surface area (Å²) in [6.45, 7) is 3.16. The number of hydrazone groups is 1. The van der Waals surface area contributed by atoms with Gasteiger partial charge in [0, 0.05) is 24.9 Å². The maximum Gasteiger partial charge on any atom is 0.271 e. The number of Topliss-reactive ketones (excluding diaryl/α,β-unsaturated/α-hetero) is 1. The molecule has 2 rings (SSSR count). The Kier molecular flexibility index (Phi) is 4.50. The zero-order chi connectivity index (χ0) is 15.2. The molecular formula is C15H14N4O2. The van der Waals surface area contributed by atoms with Gasteiger partial charge < -0.3 is 0 Å². The number of pyridine rings is 2. The Morgan fingerprint density at radius 3 is 2.38 bits per heavy atom. The normalized spacial score (nSPS) is 11.0. The summed E-state index contributed by atoms with van der Waals surface area (Å²) in [4.78, 5) is 31.1. The largest absolute Gasteiger partial charge is 0.293 e. The van der Waals surface area contributed by atoms with Crippen molar-refractivity contribution < 1.29 is 9.59 Å². The number of nitrogens with zero attached hydrogens (tertiary/aromatic N) is 3. The van der Waals surface area contributed by atoms with Crippen LogP contribution in [0, 0.1) is 0 Å². The minimum atomic E-state index is -0.334. The van der Waals surface area contributed by atoms with E-state index in [9.17, 15) is 9.59 Å². The summed E-state index contributed by atoms with van der Waals surface area (Å²) in [7, 11) is 0. The molecule has 2 aromatic rings. The van der Waals surface area contributed by atoms with Crippen LogP contribution in [-0.4, -0.2) is 27.4 Å². The highest BCUT2D eigenvalue weighted by atomic mass is 16.2. The smallest absolute Gasteiger partial charge is 0.271 e. The number of carbonyl (C=O) groups is 2. The lowest BCUT2D eigenvalue weighted by atomic mass is 10.2. The molecule has 0 atom stereocenters. The SMILES string of the molecule is CC(=O)c1cccc(C(C)=NNC(=O)c2ccncc2)n1. The zero-order valence-electron chi connectivity index (χ0n) is 11.7. The third kappa shape index (κ3) is 3.79. The van der Waals surface area contributed by atoms with E-state index in [2.05, 4.69) is 20.5 Å². The first-order valence-corrected chi connectivity index (χ1v) is 6.31. The fraction of sp³-hybridized carbons (Fsp3) is 0.133. The van der Waals surface area contributed by atoms with Crippen molar-refractivity contribution in [2.45, 2.75) is 13.8 Å². The lowest BCUT2D eigenvalue weighted by molar-refractivity contribution is 0.0953. The van der Waals surface area contributed by atoms with Crippen LogP contribution >= 0.6 is 0 Å². The first kappa shape index (κ1) is 14.5. The van der Waals surface area contributed by atoms with Gasteiger partial charge in [0.25, 0.3) is 5.91 Å². The molecule has 0 spiro atoms. The highest BCUT2D eigenvalue weighted by Gasteiger charge is 2.06. The van der Waals surface area contributed by atoms with Crippen molar-refractivity contribution in [2.75, 3.05) is 0 Å². The van der Waals surface area contributed by atoms with Gasteiger partial charge in [0.1, 0.15) is 5.69 Å². The third-order valence-corrected chi connectivity index (χ3v) is 2.75. The number of ketones is 1. The van der Waals surface area contributed by atoms with Crippen molar-refractivity contribution in [2.24, 2.45) is 5.10 Å². The van der Waals surface area contributed by atoms with E-state index in [1.54, 1.807) is 37.3 Å². The lowest BCUT2D eigenvalue weighted by Crippen LogP contribution is -2.19. The number of nitrogens with one attached hydrogen (secondary N) is 1. The van der Waals surface area contributed by atoms with Crippen LogP contribution in [0.4, 0.5) is 0 Å². The molecule has 0 saturated heterocycles. The summed E-state index contributed by atoms with van der Waals surface area (Å²) in [5, 5.41) is 3.99. The van der Waals surface area contributed by atoms with Crippen molar-refractivity contribution in [3.05, 3.63) is 59.7 Å². The standard InChI is InChI=1S/C15H14N4O2/c1-10(13-4-3-5-14(17-13)11(2)20)18-19-15(21)12-6-8-16-9-7-12/h3-9H,1-2H3,(H,19,21). The van der Waals surface area contributed by atoms with E-state index < -0.39 is 0 Å². The van der Waals surface area contributed by atoms with Crippen LogP contribution in [0.1, 0.15) is 40.4 Å². The molecule has 106 valence electrons. The Morgan fingerprint density at radius 2 is 1.71 bits per heavy atom. The van der Waals surface area contributed by atoms with E-state index >= 15 is 0 Å². The Morgan fingerprint density at radius 1 is 1.05 bits per heavy atom.